The summed E-state index contributed by atoms with van der Waals surface area (Å²) in [5.74, 6) is 1.93. The van der Waals surface area contributed by atoms with Crippen LogP contribution in [0.4, 0.5) is 5.13 Å². The quantitative estimate of drug-likeness (QED) is 0.469. The molecule has 8 heteroatoms. The second kappa shape index (κ2) is 11.0. The number of carbonyl (C=O) groups excluding carboxylic acids is 1. The van der Waals surface area contributed by atoms with Crippen LogP contribution in [0.15, 0.2) is 47.4 Å². The van der Waals surface area contributed by atoms with E-state index in [4.69, 9.17) is 9.72 Å². The van der Waals surface area contributed by atoms with Crippen LogP contribution < -0.4 is 15.0 Å². The molecule has 1 amide bonds. The van der Waals surface area contributed by atoms with Crippen molar-refractivity contribution >= 4 is 44.4 Å². The molecule has 1 saturated heterocycles. The van der Waals surface area contributed by atoms with Crippen molar-refractivity contribution in [2.24, 2.45) is 0 Å². The Morgan fingerprint density at radius 2 is 1.91 bits per heavy atom. The maximum atomic E-state index is 12.4. The summed E-state index contributed by atoms with van der Waals surface area (Å²) in [6.07, 6.45) is 0. The molecule has 0 bridgehead atoms. The molecule has 32 heavy (non-hydrogen) atoms. The third-order valence-corrected chi connectivity index (χ3v) is 7.42. The Hall–Kier alpha value is -2.29. The first kappa shape index (κ1) is 22.9. The maximum absolute atomic E-state index is 12.4. The molecule has 2 heterocycles. The number of nitrogens with zero attached hydrogens (tertiary/aromatic N) is 3. The van der Waals surface area contributed by atoms with Crippen molar-refractivity contribution in [3.8, 4) is 5.75 Å². The first-order valence-electron chi connectivity index (χ1n) is 11.2. The highest BCUT2D eigenvalue weighted by atomic mass is 32.2. The van der Waals surface area contributed by atoms with E-state index >= 15 is 0 Å². The molecule has 1 aliphatic heterocycles. The summed E-state index contributed by atoms with van der Waals surface area (Å²) < 4.78 is 6.77. The van der Waals surface area contributed by atoms with Crippen LogP contribution in [0.3, 0.4) is 0 Å². The standard InChI is InChI=1S/C24H30N4O2S2/c1-3-30-19-7-10-21-22(17-19)32-24(26-21)28-15-13-27(14-16-28)12-11-25-23(29)18-5-8-20(9-6-18)31-4-2/h5-10,17H,3-4,11-16H2,1-2H3,(H,25,29). The number of fused-ring (bicyclic) bond motifs is 1. The fourth-order valence-electron chi connectivity index (χ4n) is 3.75. The molecule has 6 nitrogen and oxygen atoms in total. The van der Waals surface area contributed by atoms with E-state index in [2.05, 4.69) is 28.1 Å². The fraction of sp³-hybridized carbons (Fsp3) is 0.417. The zero-order chi connectivity index (χ0) is 22.3. The van der Waals surface area contributed by atoms with E-state index in [1.54, 1.807) is 23.1 Å². The van der Waals surface area contributed by atoms with E-state index in [1.807, 2.05) is 43.3 Å². The molecule has 0 unspecified atom stereocenters. The number of amides is 1. The Labute approximate surface area is 198 Å². The average molecular weight is 471 g/mol. The van der Waals surface area contributed by atoms with Crippen LogP contribution in [-0.4, -0.2) is 67.4 Å². The number of aromatic nitrogens is 1. The monoisotopic (exact) mass is 470 g/mol. The number of hydrogen-bond donors (Lipinski definition) is 1. The highest BCUT2D eigenvalue weighted by Crippen LogP contribution is 2.32. The molecule has 0 aliphatic carbocycles. The van der Waals surface area contributed by atoms with Gasteiger partial charge < -0.3 is 15.0 Å². The SMILES string of the molecule is CCOc1ccc2nc(N3CCN(CCNC(=O)c4ccc(SCC)cc4)CC3)sc2c1. The number of benzene rings is 2. The lowest BCUT2D eigenvalue weighted by molar-refractivity contribution is 0.0947. The van der Waals surface area contributed by atoms with Gasteiger partial charge in [-0.3, -0.25) is 9.69 Å². The van der Waals surface area contributed by atoms with Gasteiger partial charge in [0.2, 0.25) is 0 Å². The molecule has 2 aromatic carbocycles. The zero-order valence-corrected chi connectivity index (χ0v) is 20.3. The number of nitrogens with one attached hydrogen (secondary N) is 1. The van der Waals surface area contributed by atoms with Crippen LogP contribution in [0.25, 0.3) is 10.2 Å². The summed E-state index contributed by atoms with van der Waals surface area (Å²) in [6, 6.07) is 13.9. The predicted molar refractivity (Wildman–Crippen MR) is 135 cm³/mol. The second-order valence-corrected chi connectivity index (χ2v) is 9.95. The summed E-state index contributed by atoms with van der Waals surface area (Å²) >= 11 is 3.51. The Kier molecular flexibility index (Phi) is 7.89. The van der Waals surface area contributed by atoms with Crippen molar-refractivity contribution in [1.29, 1.82) is 0 Å². The number of anilines is 1. The normalized spacial score (nSPS) is 14.6. The van der Waals surface area contributed by atoms with E-state index in [0.717, 1.165) is 65.1 Å². The molecule has 0 atom stereocenters. The topological polar surface area (TPSA) is 57.7 Å². The lowest BCUT2D eigenvalue weighted by Crippen LogP contribution is -2.48. The van der Waals surface area contributed by atoms with Crippen molar-refractivity contribution in [3.63, 3.8) is 0 Å². The second-order valence-electron chi connectivity index (χ2n) is 7.60. The number of piperazine rings is 1. The molecule has 1 aliphatic rings. The highest BCUT2D eigenvalue weighted by Gasteiger charge is 2.20. The molecule has 3 aromatic rings. The van der Waals surface area contributed by atoms with Crippen LogP contribution in [0, 0.1) is 0 Å². The molecule has 1 N–H and O–H groups in total. The zero-order valence-electron chi connectivity index (χ0n) is 18.7. The third kappa shape index (κ3) is 5.74. The minimum absolute atomic E-state index is 0.00224. The summed E-state index contributed by atoms with van der Waals surface area (Å²) in [5.41, 5.74) is 1.75. The number of ether oxygens (including phenoxy) is 1. The van der Waals surface area contributed by atoms with Gasteiger partial charge in [-0.25, -0.2) is 4.98 Å². The third-order valence-electron chi connectivity index (χ3n) is 5.44. The molecular weight excluding hydrogens is 440 g/mol. The van der Waals surface area contributed by atoms with Gasteiger partial charge in [0.1, 0.15) is 5.75 Å². The van der Waals surface area contributed by atoms with Gasteiger partial charge in [0.05, 0.1) is 16.8 Å². The minimum atomic E-state index is -0.00224. The van der Waals surface area contributed by atoms with Gasteiger partial charge in [-0.2, -0.15) is 0 Å². The van der Waals surface area contributed by atoms with Crippen molar-refractivity contribution in [3.05, 3.63) is 48.0 Å². The minimum Gasteiger partial charge on any atom is -0.494 e. The summed E-state index contributed by atoms with van der Waals surface area (Å²) in [7, 11) is 0. The van der Waals surface area contributed by atoms with Crippen molar-refractivity contribution < 1.29 is 9.53 Å². The van der Waals surface area contributed by atoms with Gasteiger partial charge in [-0.1, -0.05) is 18.3 Å². The Morgan fingerprint density at radius 3 is 2.62 bits per heavy atom. The number of rotatable bonds is 9. The van der Waals surface area contributed by atoms with Crippen molar-refractivity contribution in [2.45, 2.75) is 18.7 Å². The Morgan fingerprint density at radius 1 is 1.12 bits per heavy atom. The van der Waals surface area contributed by atoms with Gasteiger partial charge >= 0.3 is 0 Å². The van der Waals surface area contributed by atoms with E-state index in [1.165, 1.54) is 4.90 Å². The molecule has 170 valence electrons. The molecule has 4 rings (SSSR count). The van der Waals surface area contributed by atoms with E-state index in [-0.39, 0.29) is 5.91 Å². The van der Waals surface area contributed by atoms with Crippen LogP contribution in [0.1, 0.15) is 24.2 Å². The van der Waals surface area contributed by atoms with Crippen LogP contribution in [0.5, 0.6) is 5.75 Å². The number of carbonyl (C=O) groups is 1. The smallest absolute Gasteiger partial charge is 0.251 e. The van der Waals surface area contributed by atoms with Crippen LogP contribution >= 0.6 is 23.1 Å². The van der Waals surface area contributed by atoms with Crippen LogP contribution in [0.2, 0.25) is 0 Å². The largest absolute Gasteiger partial charge is 0.494 e. The van der Waals surface area contributed by atoms with Crippen molar-refractivity contribution in [2.75, 3.05) is 56.5 Å². The van der Waals surface area contributed by atoms with Crippen molar-refractivity contribution in [1.82, 2.24) is 15.2 Å². The summed E-state index contributed by atoms with van der Waals surface area (Å²) in [4.78, 5) is 23.2. The van der Waals surface area contributed by atoms with Gasteiger partial charge in [0.15, 0.2) is 5.13 Å². The molecule has 0 saturated carbocycles. The predicted octanol–water partition coefficient (Wildman–Crippen LogP) is 4.36. The Bertz CT molecular complexity index is 1030. The first-order chi connectivity index (χ1) is 15.7. The first-order valence-corrected chi connectivity index (χ1v) is 13.0. The van der Waals surface area contributed by atoms with Gasteiger partial charge in [-0.05, 0) is 55.1 Å². The molecule has 1 aromatic heterocycles. The van der Waals surface area contributed by atoms with E-state index in [0.29, 0.717) is 13.2 Å². The van der Waals surface area contributed by atoms with E-state index in [9.17, 15) is 4.79 Å². The van der Waals surface area contributed by atoms with E-state index < -0.39 is 0 Å². The van der Waals surface area contributed by atoms with Gasteiger partial charge in [0.25, 0.3) is 5.91 Å². The fourth-order valence-corrected chi connectivity index (χ4v) is 5.45. The molecule has 1 fully saturated rings. The van der Waals surface area contributed by atoms with Gasteiger partial charge in [0, 0.05) is 49.7 Å². The Balaban J connectivity index is 1.22. The maximum Gasteiger partial charge on any atom is 0.251 e. The summed E-state index contributed by atoms with van der Waals surface area (Å²) in [6.45, 7) is 10.2. The lowest BCUT2D eigenvalue weighted by atomic mass is 10.2. The summed E-state index contributed by atoms with van der Waals surface area (Å²) in [5, 5.41) is 4.13. The highest BCUT2D eigenvalue weighted by molar-refractivity contribution is 7.99. The number of thioether (sulfide) groups is 1. The lowest BCUT2D eigenvalue weighted by Gasteiger charge is -2.34. The molecular formula is C24H30N4O2S2. The molecule has 0 radical (unpaired) electrons. The number of hydrogen-bond acceptors (Lipinski definition) is 7. The molecule has 0 spiro atoms. The number of thiazole rings is 1. The van der Waals surface area contributed by atoms with Gasteiger partial charge in [-0.15, -0.1) is 11.8 Å². The van der Waals surface area contributed by atoms with Crippen LogP contribution in [-0.2, 0) is 0 Å². The average Bonchev–Trinajstić information content (AvgIpc) is 3.24.